The average Bonchev–Trinajstić information content (AvgIpc) is 2.95. The van der Waals surface area contributed by atoms with E-state index in [1.54, 1.807) is 7.11 Å². The SMILES string of the molecule is COCCC1(C(=O)N2CCN(CCO)CC2)CCCC1. The van der Waals surface area contributed by atoms with E-state index >= 15 is 0 Å². The maximum absolute atomic E-state index is 12.9. The van der Waals surface area contributed by atoms with E-state index in [0.717, 1.165) is 52.0 Å². The van der Waals surface area contributed by atoms with Crippen LogP contribution in [-0.4, -0.2) is 73.9 Å². The summed E-state index contributed by atoms with van der Waals surface area (Å²) in [7, 11) is 1.71. The van der Waals surface area contributed by atoms with Gasteiger partial charge in [0.15, 0.2) is 0 Å². The maximum atomic E-state index is 12.9. The molecule has 0 aromatic heterocycles. The third-order valence-electron chi connectivity index (χ3n) is 4.87. The summed E-state index contributed by atoms with van der Waals surface area (Å²) in [6.07, 6.45) is 5.23. The zero-order valence-electron chi connectivity index (χ0n) is 12.6. The molecule has 20 heavy (non-hydrogen) atoms. The second-order valence-electron chi connectivity index (χ2n) is 6.09. The molecule has 2 fully saturated rings. The molecular formula is C15H28N2O3. The lowest BCUT2D eigenvalue weighted by atomic mass is 9.81. The van der Waals surface area contributed by atoms with Crippen molar-refractivity contribution in [2.45, 2.75) is 32.1 Å². The third-order valence-corrected chi connectivity index (χ3v) is 4.87. The van der Waals surface area contributed by atoms with Gasteiger partial charge in [-0.3, -0.25) is 9.69 Å². The number of carbonyl (C=O) groups excluding carboxylic acids is 1. The molecule has 1 heterocycles. The number of β-amino-alcohol motifs (C(OH)–C–C–N with tert-alkyl or cyclic N) is 1. The Labute approximate surface area is 121 Å². The average molecular weight is 284 g/mol. The molecule has 1 amide bonds. The van der Waals surface area contributed by atoms with Crippen molar-refractivity contribution in [3.05, 3.63) is 0 Å². The Balaban J connectivity index is 1.92. The minimum atomic E-state index is -0.158. The zero-order chi connectivity index (χ0) is 14.4. The molecule has 2 rings (SSSR count). The number of rotatable bonds is 6. The number of piperazine rings is 1. The monoisotopic (exact) mass is 284 g/mol. The largest absolute Gasteiger partial charge is 0.395 e. The normalized spacial score (nSPS) is 23.2. The van der Waals surface area contributed by atoms with Crippen LogP contribution in [0.15, 0.2) is 0 Å². The molecule has 5 heteroatoms. The van der Waals surface area contributed by atoms with E-state index < -0.39 is 0 Å². The molecule has 0 atom stereocenters. The van der Waals surface area contributed by atoms with Crippen LogP contribution >= 0.6 is 0 Å². The van der Waals surface area contributed by atoms with Gasteiger partial charge in [-0.1, -0.05) is 12.8 Å². The van der Waals surface area contributed by atoms with Crippen molar-refractivity contribution in [2.75, 3.05) is 53.0 Å². The van der Waals surface area contributed by atoms with Crippen LogP contribution in [0, 0.1) is 5.41 Å². The number of methoxy groups -OCH3 is 1. The molecular weight excluding hydrogens is 256 g/mol. The van der Waals surface area contributed by atoms with Crippen LogP contribution < -0.4 is 0 Å². The zero-order valence-corrected chi connectivity index (χ0v) is 12.6. The van der Waals surface area contributed by atoms with E-state index in [4.69, 9.17) is 9.84 Å². The molecule has 1 saturated heterocycles. The predicted octanol–water partition coefficient (Wildman–Crippen LogP) is 0.720. The van der Waals surface area contributed by atoms with Gasteiger partial charge in [0.25, 0.3) is 0 Å². The first-order valence-corrected chi connectivity index (χ1v) is 7.83. The van der Waals surface area contributed by atoms with Crippen molar-refractivity contribution >= 4 is 5.91 Å². The maximum Gasteiger partial charge on any atom is 0.228 e. The Hall–Kier alpha value is -0.650. The topological polar surface area (TPSA) is 53.0 Å². The molecule has 0 aromatic carbocycles. The smallest absolute Gasteiger partial charge is 0.228 e. The van der Waals surface area contributed by atoms with Gasteiger partial charge >= 0.3 is 0 Å². The van der Waals surface area contributed by atoms with Gasteiger partial charge < -0.3 is 14.7 Å². The first kappa shape index (κ1) is 15.7. The lowest BCUT2D eigenvalue weighted by molar-refractivity contribution is -0.145. The first-order valence-electron chi connectivity index (χ1n) is 7.83. The molecule has 116 valence electrons. The summed E-state index contributed by atoms with van der Waals surface area (Å²) in [6.45, 7) is 4.96. The fourth-order valence-corrected chi connectivity index (χ4v) is 3.57. The summed E-state index contributed by atoms with van der Waals surface area (Å²) in [4.78, 5) is 17.2. The van der Waals surface area contributed by atoms with Crippen LogP contribution in [0.4, 0.5) is 0 Å². The molecule has 0 radical (unpaired) electrons. The van der Waals surface area contributed by atoms with Gasteiger partial charge in [-0.15, -0.1) is 0 Å². The van der Waals surface area contributed by atoms with Gasteiger partial charge in [-0.05, 0) is 19.3 Å². The highest BCUT2D eigenvalue weighted by molar-refractivity contribution is 5.83. The highest BCUT2D eigenvalue weighted by atomic mass is 16.5. The second-order valence-corrected chi connectivity index (χ2v) is 6.09. The van der Waals surface area contributed by atoms with Crippen LogP contribution in [0.1, 0.15) is 32.1 Å². The van der Waals surface area contributed by atoms with Gasteiger partial charge in [0.2, 0.25) is 5.91 Å². The number of hydrogen-bond donors (Lipinski definition) is 1. The Morgan fingerprint density at radius 2 is 1.85 bits per heavy atom. The van der Waals surface area contributed by atoms with Gasteiger partial charge in [-0.25, -0.2) is 0 Å². The van der Waals surface area contributed by atoms with Gasteiger partial charge in [0.1, 0.15) is 0 Å². The van der Waals surface area contributed by atoms with E-state index in [9.17, 15) is 4.79 Å². The third kappa shape index (κ3) is 3.51. The summed E-state index contributed by atoms with van der Waals surface area (Å²) < 4.78 is 5.21. The Morgan fingerprint density at radius 3 is 2.40 bits per heavy atom. The van der Waals surface area contributed by atoms with E-state index in [2.05, 4.69) is 4.90 Å². The van der Waals surface area contributed by atoms with Crippen LogP contribution in [0.5, 0.6) is 0 Å². The Kier molecular flexibility index (Phi) is 5.81. The van der Waals surface area contributed by atoms with Crippen LogP contribution in [-0.2, 0) is 9.53 Å². The van der Waals surface area contributed by atoms with E-state index in [-0.39, 0.29) is 12.0 Å². The number of hydrogen-bond acceptors (Lipinski definition) is 4. The number of nitrogens with zero attached hydrogens (tertiary/aromatic N) is 2. The van der Waals surface area contributed by atoms with Crippen molar-refractivity contribution in [2.24, 2.45) is 5.41 Å². The molecule has 0 spiro atoms. The number of ether oxygens (including phenoxy) is 1. The van der Waals surface area contributed by atoms with Crippen molar-refractivity contribution in [1.29, 1.82) is 0 Å². The molecule has 2 aliphatic rings. The van der Waals surface area contributed by atoms with Crippen molar-refractivity contribution in [3.8, 4) is 0 Å². The number of aliphatic hydroxyl groups is 1. The lowest BCUT2D eigenvalue weighted by Crippen LogP contribution is -2.53. The minimum Gasteiger partial charge on any atom is -0.395 e. The van der Waals surface area contributed by atoms with Gasteiger partial charge in [0.05, 0.1) is 12.0 Å². The fraction of sp³-hybridized carbons (Fsp3) is 0.933. The van der Waals surface area contributed by atoms with Crippen molar-refractivity contribution < 1.29 is 14.6 Å². The van der Waals surface area contributed by atoms with Crippen molar-refractivity contribution in [3.63, 3.8) is 0 Å². The quantitative estimate of drug-likeness (QED) is 0.781. The molecule has 1 aliphatic carbocycles. The highest BCUT2D eigenvalue weighted by Gasteiger charge is 2.43. The summed E-state index contributed by atoms with van der Waals surface area (Å²) >= 11 is 0. The van der Waals surface area contributed by atoms with Crippen molar-refractivity contribution in [1.82, 2.24) is 9.80 Å². The highest BCUT2D eigenvalue weighted by Crippen LogP contribution is 2.42. The number of amides is 1. The fourth-order valence-electron chi connectivity index (χ4n) is 3.57. The number of carbonyl (C=O) groups is 1. The Bertz CT molecular complexity index is 308. The molecule has 0 unspecified atom stereocenters. The summed E-state index contributed by atoms with van der Waals surface area (Å²) in [5.41, 5.74) is -0.158. The standard InChI is InChI=1S/C15H28N2O3/c1-20-13-6-15(4-2-3-5-15)14(19)17-9-7-16(8-10-17)11-12-18/h18H,2-13H2,1H3. The predicted molar refractivity (Wildman–Crippen MR) is 77.5 cm³/mol. The summed E-state index contributed by atoms with van der Waals surface area (Å²) in [6, 6.07) is 0. The lowest BCUT2D eigenvalue weighted by Gasteiger charge is -2.39. The Morgan fingerprint density at radius 1 is 1.20 bits per heavy atom. The van der Waals surface area contributed by atoms with Crippen LogP contribution in [0.2, 0.25) is 0 Å². The molecule has 1 saturated carbocycles. The second kappa shape index (κ2) is 7.38. The first-order chi connectivity index (χ1) is 9.72. The van der Waals surface area contributed by atoms with Crippen LogP contribution in [0.3, 0.4) is 0 Å². The summed E-state index contributed by atoms with van der Waals surface area (Å²) in [5.74, 6) is 0.343. The summed E-state index contributed by atoms with van der Waals surface area (Å²) in [5, 5.41) is 8.97. The molecule has 1 N–H and O–H groups in total. The minimum absolute atomic E-state index is 0.158. The van der Waals surface area contributed by atoms with E-state index in [0.29, 0.717) is 12.5 Å². The van der Waals surface area contributed by atoms with Gasteiger partial charge in [0, 0.05) is 46.4 Å². The van der Waals surface area contributed by atoms with Crippen LogP contribution in [0.25, 0.3) is 0 Å². The van der Waals surface area contributed by atoms with Gasteiger partial charge in [-0.2, -0.15) is 0 Å². The van der Waals surface area contributed by atoms with E-state index in [1.165, 1.54) is 12.8 Å². The molecule has 1 aliphatic heterocycles. The van der Waals surface area contributed by atoms with E-state index in [1.807, 2.05) is 4.90 Å². The molecule has 0 bridgehead atoms. The number of aliphatic hydroxyl groups excluding tert-OH is 1. The molecule has 5 nitrogen and oxygen atoms in total. The molecule has 0 aromatic rings.